The Bertz CT molecular complexity index is 1060. The molecule has 0 unspecified atom stereocenters. The van der Waals surface area contributed by atoms with Crippen LogP contribution in [0.4, 0.5) is 5.69 Å². The number of likely N-dealkylation sites (N-methyl/N-ethyl adjacent to an activating group) is 1. The van der Waals surface area contributed by atoms with E-state index in [9.17, 15) is 14.4 Å². The van der Waals surface area contributed by atoms with Gasteiger partial charge in [-0.05, 0) is 43.7 Å². The number of hydrogen-bond acceptors (Lipinski definition) is 6. The van der Waals surface area contributed by atoms with E-state index >= 15 is 0 Å². The van der Waals surface area contributed by atoms with Crippen molar-refractivity contribution in [3.63, 3.8) is 0 Å². The summed E-state index contributed by atoms with van der Waals surface area (Å²) in [6, 6.07) is 9.98. The number of benzene rings is 1. The van der Waals surface area contributed by atoms with Crippen LogP contribution in [0.1, 0.15) is 54.5 Å². The number of rotatable bonds is 5. The van der Waals surface area contributed by atoms with Crippen molar-refractivity contribution in [2.45, 2.75) is 45.8 Å². The number of nitrogens with zero attached hydrogens (tertiary/aromatic N) is 3. The molecule has 2 heterocycles. The Kier molecular flexibility index (Phi) is 9.41. The Morgan fingerprint density at radius 2 is 1.97 bits per heavy atom. The molecule has 3 rings (SSSR count). The zero-order chi connectivity index (χ0) is 26.2. The van der Waals surface area contributed by atoms with Crippen molar-refractivity contribution in [2.24, 2.45) is 5.92 Å². The maximum atomic E-state index is 13.4. The van der Waals surface area contributed by atoms with Gasteiger partial charge in [-0.25, -0.2) is 0 Å². The lowest BCUT2D eigenvalue weighted by molar-refractivity contribution is -0.116. The SMILES string of the molecule is CCCC(=O)Nc1ccc2c(c1)C(=O)N(C)C[C@H](OC)[C@H](C)CN(C(=O)c1ccccn1)[C@H](C)CO2. The van der Waals surface area contributed by atoms with Gasteiger partial charge in [-0.3, -0.25) is 19.4 Å². The molecule has 2 aromatic rings. The quantitative estimate of drug-likeness (QED) is 0.680. The zero-order valence-electron chi connectivity index (χ0n) is 21.7. The maximum absolute atomic E-state index is 13.4. The monoisotopic (exact) mass is 496 g/mol. The van der Waals surface area contributed by atoms with E-state index in [1.807, 2.05) is 20.8 Å². The molecule has 1 aliphatic heterocycles. The number of aromatic nitrogens is 1. The molecule has 0 spiro atoms. The number of carbonyl (C=O) groups is 3. The summed E-state index contributed by atoms with van der Waals surface area (Å²) in [5.41, 5.74) is 1.23. The summed E-state index contributed by atoms with van der Waals surface area (Å²) in [5, 5.41) is 2.84. The third-order valence-corrected chi connectivity index (χ3v) is 6.35. The first-order valence-corrected chi connectivity index (χ1v) is 12.3. The predicted octanol–water partition coefficient (Wildman–Crippen LogP) is 3.47. The van der Waals surface area contributed by atoms with Crippen LogP contribution in [0.25, 0.3) is 0 Å². The standard InChI is InChI=1S/C27H36N4O5/c1-6-9-25(32)29-20-11-12-23-21(14-20)26(33)30(4)16-24(35-5)18(2)15-31(19(3)17-36-23)27(34)22-10-7-8-13-28-22/h7-8,10-14,18-19,24H,6,9,15-17H2,1-5H3,(H,29,32)/t18-,19-,24+/m1/s1. The Morgan fingerprint density at radius 3 is 2.64 bits per heavy atom. The van der Waals surface area contributed by atoms with Crippen LogP contribution in [0.5, 0.6) is 5.75 Å². The van der Waals surface area contributed by atoms with Gasteiger partial charge in [0, 0.05) is 51.5 Å². The molecule has 0 radical (unpaired) electrons. The number of nitrogens with one attached hydrogen (secondary N) is 1. The number of methoxy groups -OCH3 is 1. The number of amides is 3. The molecule has 3 amide bonds. The molecule has 194 valence electrons. The van der Waals surface area contributed by atoms with E-state index in [2.05, 4.69) is 10.3 Å². The summed E-state index contributed by atoms with van der Waals surface area (Å²) in [6.45, 7) is 6.75. The second-order valence-corrected chi connectivity index (χ2v) is 9.28. The number of ether oxygens (including phenoxy) is 2. The highest BCUT2D eigenvalue weighted by Gasteiger charge is 2.31. The van der Waals surface area contributed by atoms with Crippen molar-refractivity contribution in [1.29, 1.82) is 0 Å². The number of anilines is 1. The van der Waals surface area contributed by atoms with Gasteiger partial charge < -0.3 is 24.6 Å². The van der Waals surface area contributed by atoms with Crippen LogP contribution in [0.3, 0.4) is 0 Å². The lowest BCUT2D eigenvalue weighted by Crippen LogP contribution is -2.48. The summed E-state index contributed by atoms with van der Waals surface area (Å²) in [4.78, 5) is 46.5. The molecule has 3 atom stereocenters. The van der Waals surface area contributed by atoms with Crippen LogP contribution in [0.2, 0.25) is 0 Å². The molecule has 0 saturated carbocycles. The summed E-state index contributed by atoms with van der Waals surface area (Å²) >= 11 is 0. The third-order valence-electron chi connectivity index (χ3n) is 6.35. The van der Waals surface area contributed by atoms with Crippen LogP contribution < -0.4 is 10.1 Å². The van der Waals surface area contributed by atoms with E-state index in [4.69, 9.17) is 9.47 Å². The Labute approximate surface area is 212 Å². The lowest BCUT2D eigenvalue weighted by atomic mass is 10.0. The van der Waals surface area contributed by atoms with Gasteiger partial charge in [0.2, 0.25) is 5.91 Å². The normalized spacial score (nSPS) is 21.0. The minimum absolute atomic E-state index is 0.0704. The van der Waals surface area contributed by atoms with Crippen LogP contribution in [0.15, 0.2) is 42.6 Å². The highest BCUT2D eigenvalue weighted by Crippen LogP contribution is 2.27. The first kappa shape index (κ1) is 27.1. The van der Waals surface area contributed by atoms with Gasteiger partial charge in [-0.15, -0.1) is 0 Å². The number of hydrogen-bond donors (Lipinski definition) is 1. The molecule has 1 N–H and O–H groups in total. The molecule has 1 aliphatic rings. The molecule has 0 fully saturated rings. The van der Waals surface area contributed by atoms with Crippen LogP contribution in [-0.2, 0) is 9.53 Å². The summed E-state index contributed by atoms with van der Waals surface area (Å²) < 4.78 is 11.8. The van der Waals surface area contributed by atoms with Crippen molar-refractivity contribution in [1.82, 2.24) is 14.8 Å². The molecule has 36 heavy (non-hydrogen) atoms. The second kappa shape index (κ2) is 12.5. The average molecular weight is 497 g/mol. The molecule has 0 aliphatic carbocycles. The van der Waals surface area contributed by atoms with E-state index in [1.165, 1.54) is 0 Å². The van der Waals surface area contributed by atoms with E-state index in [0.717, 1.165) is 6.42 Å². The largest absolute Gasteiger partial charge is 0.491 e. The van der Waals surface area contributed by atoms with Gasteiger partial charge in [0.05, 0.1) is 17.7 Å². The Morgan fingerprint density at radius 1 is 1.19 bits per heavy atom. The van der Waals surface area contributed by atoms with Crippen LogP contribution in [-0.4, -0.2) is 78.5 Å². The Hall–Kier alpha value is -3.46. The van der Waals surface area contributed by atoms with Gasteiger partial charge in [0.15, 0.2) is 0 Å². The van der Waals surface area contributed by atoms with Crippen LogP contribution >= 0.6 is 0 Å². The van der Waals surface area contributed by atoms with Gasteiger partial charge in [-0.2, -0.15) is 0 Å². The first-order chi connectivity index (χ1) is 17.2. The highest BCUT2D eigenvalue weighted by molar-refractivity contribution is 5.99. The van der Waals surface area contributed by atoms with Gasteiger partial charge in [0.1, 0.15) is 18.1 Å². The molecular weight excluding hydrogens is 460 g/mol. The maximum Gasteiger partial charge on any atom is 0.272 e. The van der Waals surface area contributed by atoms with Crippen LogP contribution in [0, 0.1) is 5.92 Å². The molecular formula is C27H36N4O5. The van der Waals surface area contributed by atoms with E-state index in [-0.39, 0.29) is 42.4 Å². The average Bonchev–Trinajstić information content (AvgIpc) is 2.88. The van der Waals surface area contributed by atoms with E-state index in [0.29, 0.717) is 42.2 Å². The number of fused-ring (bicyclic) bond motifs is 1. The van der Waals surface area contributed by atoms with Crippen molar-refractivity contribution >= 4 is 23.4 Å². The molecule has 0 bridgehead atoms. The number of pyridine rings is 1. The first-order valence-electron chi connectivity index (χ1n) is 12.3. The molecule has 1 aromatic heterocycles. The lowest BCUT2D eigenvalue weighted by Gasteiger charge is -2.36. The number of carbonyl (C=O) groups excluding carboxylic acids is 3. The second-order valence-electron chi connectivity index (χ2n) is 9.28. The summed E-state index contributed by atoms with van der Waals surface area (Å²) in [5.74, 6) is -0.221. The molecule has 9 heteroatoms. The fraction of sp³-hybridized carbons (Fsp3) is 0.481. The van der Waals surface area contributed by atoms with E-state index in [1.54, 1.807) is 66.6 Å². The minimum Gasteiger partial charge on any atom is -0.491 e. The Balaban J connectivity index is 1.96. The van der Waals surface area contributed by atoms with Crippen molar-refractivity contribution in [3.8, 4) is 5.75 Å². The third kappa shape index (κ3) is 6.60. The molecule has 0 saturated heterocycles. The van der Waals surface area contributed by atoms with Crippen molar-refractivity contribution in [3.05, 3.63) is 53.9 Å². The van der Waals surface area contributed by atoms with Gasteiger partial charge in [-0.1, -0.05) is 19.9 Å². The van der Waals surface area contributed by atoms with Gasteiger partial charge >= 0.3 is 0 Å². The van der Waals surface area contributed by atoms with Gasteiger partial charge in [0.25, 0.3) is 11.8 Å². The summed E-state index contributed by atoms with van der Waals surface area (Å²) in [6.07, 6.45) is 2.41. The fourth-order valence-corrected chi connectivity index (χ4v) is 4.22. The zero-order valence-corrected chi connectivity index (χ0v) is 21.7. The fourth-order valence-electron chi connectivity index (χ4n) is 4.22. The topological polar surface area (TPSA) is 101 Å². The highest BCUT2D eigenvalue weighted by atomic mass is 16.5. The van der Waals surface area contributed by atoms with Crippen molar-refractivity contribution < 1.29 is 23.9 Å². The smallest absolute Gasteiger partial charge is 0.272 e. The molecule has 1 aromatic carbocycles. The molecule has 9 nitrogen and oxygen atoms in total. The van der Waals surface area contributed by atoms with E-state index < -0.39 is 0 Å². The predicted molar refractivity (Wildman–Crippen MR) is 137 cm³/mol. The van der Waals surface area contributed by atoms with Crippen molar-refractivity contribution in [2.75, 3.05) is 39.2 Å². The minimum atomic E-state index is -0.304. The summed E-state index contributed by atoms with van der Waals surface area (Å²) in [7, 11) is 3.32.